The number of carbonyl (C=O) groups is 2. The Labute approximate surface area is 212 Å². The van der Waals surface area contributed by atoms with Gasteiger partial charge in [0.25, 0.3) is 5.91 Å². The van der Waals surface area contributed by atoms with Crippen molar-refractivity contribution in [3.8, 4) is 0 Å². The van der Waals surface area contributed by atoms with Gasteiger partial charge in [-0.15, -0.1) is 0 Å². The zero-order valence-corrected chi connectivity index (χ0v) is 19.7. The smallest absolute Gasteiger partial charge is 0.475 e. The number of carboxylic acid groups (broad SMARTS) is 1. The lowest BCUT2D eigenvalue weighted by molar-refractivity contribution is -0.192. The number of alkyl halides is 3. The van der Waals surface area contributed by atoms with E-state index in [1.54, 1.807) is 36.5 Å². The van der Waals surface area contributed by atoms with Gasteiger partial charge in [0.2, 0.25) is 5.95 Å². The first-order valence-electron chi connectivity index (χ1n) is 11.2. The van der Waals surface area contributed by atoms with Crippen LogP contribution in [0.2, 0.25) is 0 Å². The maximum Gasteiger partial charge on any atom is 0.490 e. The molecule has 5 N–H and O–H groups in total. The number of hydrogen-bond acceptors (Lipinski definition) is 8. The number of H-pyrrole nitrogens is 1. The van der Waals surface area contributed by atoms with E-state index in [1.165, 1.54) is 0 Å². The summed E-state index contributed by atoms with van der Waals surface area (Å²) in [7, 11) is 0. The highest BCUT2D eigenvalue weighted by molar-refractivity contribution is 5.95. The first kappa shape index (κ1) is 26.2. The Kier molecular flexibility index (Phi) is 7.32. The van der Waals surface area contributed by atoms with Crippen LogP contribution >= 0.6 is 0 Å². The lowest BCUT2D eigenvalue weighted by Gasteiger charge is -2.11. The molecule has 2 aromatic carbocycles. The average molecular weight is 530 g/mol. The summed E-state index contributed by atoms with van der Waals surface area (Å²) in [6.07, 6.45) is -1.26. The fourth-order valence-corrected chi connectivity index (χ4v) is 3.13. The van der Waals surface area contributed by atoms with Gasteiger partial charge in [-0.05, 0) is 62.2 Å². The first-order valence-corrected chi connectivity index (χ1v) is 11.2. The Balaban J connectivity index is 0.000000426. The number of carboxylic acids is 1. The molecular formula is C24H21F3N6O5. The second kappa shape index (κ2) is 10.6. The number of oxazole rings is 1. The standard InChI is InChI=1S/C22H20N6O3.C2HF3O2/c1-12-11-23-21(26-15-4-2-13(3-5-15)20(29)25-14-6-7-14)28-19(12)24-16-8-9-18-17(10-16)27-22(30)31-18;3-2(4,5)1(6)7/h2-5,8-11,14H,6-7H2,1H3,(H,25,29)(H,27,30)(H2,23,24,26,28);(H,6,7). The van der Waals surface area contributed by atoms with Crippen molar-refractivity contribution in [2.75, 3.05) is 10.6 Å². The molecule has 38 heavy (non-hydrogen) atoms. The van der Waals surface area contributed by atoms with Crippen LogP contribution < -0.4 is 21.7 Å². The van der Waals surface area contributed by atoms with Gasteiger partial charge in [0, 0.05) is 34.7 Å². The highest BCUT2D eigenvalue weighted by Gasteiger charge is 2.38. The van der Waals surface area contributed by atoms with Gasteiger partial charge in [-0.2, -0.15) is 18.2 Å². The summed E-state index contributed by atoms with van der Waals surface area (Å²) < 4.78 is 36.8. The number of hydrogen-bond donors (Lipinski definition) is 5. The number of amides is 1. The second-order valence-electron chi connectivity index (χ2n) is 8.33. The molecule has 5 rings (SSSR count). The van der Waals surface area contributed by atoms with Crippen LogP contribution in [0.4, 0.5) is 36.3 Å². The predicted octanol–water partition coefficient (Wildman–Crippen LogP) is 4.23. The summed E-state index contributed by atoms with van der Waals surface area (Å²) in [5.41, 5.74) is 4.10. The molecule has 1 fully saturated rings. The molecule has 1 aliphatic rings. The van der Waals surface area contributed by atoms with E-state index >= 15 is 0 Å². The van der Waals surface area contributed by atoms with E-state index in [9.17, 15) is 22.8 Å². The fourth-order valence-electron chi connectivity index (χ4n) is 3.13. The van der Waals surface area contributed by atoms with E-state index in [2.05, 4.69) is 30.9 Å². The molecule has 198 valence electrons. The van der Waals surface area contributed by atoms with E-state index in [1.807, 2.05) is 19.1 Å². The number of aliphatic carboxylic acids is 1. The molecule has 0 bridgehead atoms. The largest absolute Gasteiger partial charge is 0.490 e. The minimum absolute atomic E-state index is 0.0527. The molecule has 11 nitrogen and oxygen atoms in total. The van der Waals surface area contributed by atoms with Crippen molar-refractivity contribution in [2.24, 2.45) is 0 Å². The Morgan fingerprint density at radius 2 is 1.74 bits per heavy atom. The number of benzene rings is 2. The van der Waals surface area contributed by atoms with E-state index < -0.39 is 17.9 Å². The zero-order valence-electron chi connectivity index (χ0n) is 19.7. The minimum atomic E-state index is -5.08. The van der Waals surface area contributed by atoms with Crippen molar-refractivity contribution in [1.29, 1.82) is 0 Å². The van der Waals surface area contributed by atoms with Crippen LogP contribution in [0.15, 0.2) is 57.9 Å². The number of aryl methyl sites for hydroxylation is 1. The fraction of sp³-hybridized carbons (Fsp3) is 0.208. The highest BCUT2D eigenvalue weighted by atomic mass is 19.4. The predicted molar refractivity (Wildman–Crippen MR) is 131 cm³/mol. The maximum absolute atomic E-state index is 12.1. The van der Waals surface area contributed by atoms with Crippen molar-refractivity contribution >= 4 is 46.1 Å². The second-order valence-corrected chi connectivity index (χ2v) is 8.33. The average Bonchev–Trinajstić information content (AvgIpc) is 3.59. The van der Waals surface area contributed by atoms with Gasteiger partial charge >= 0.3 is 17.9 Å². The molecule has 0 aliphatic heterocycles. The van der Waals surface area contributed by atoms with E-state index in [4.69, 9.17) is 14.3 Å². The lowest BCUT2D eigenvalue weighted by Crippen LogP contribution is -2.25. The highest BCUT2D eigenvalue weighted by Crippen LogP contribution is 2.24. The van der Waals surface area contributed by atoms with Crippen LogP contribution in [-0.4, -0.2) is 44.2 Å². The van der Waals surface area contributed by atoms with Crippen molar-refractivity contribution in [3.05, 3.63) is 70.3 Å². The molecule has 1 saturated carbocycles. The Morgan fingerprint density at radius 3 is 2.37 bits per heavy atom. The van der Waals surface area contributed by atoms with Crippen molar-refractivity contribution in [3.63, 3.8) is 0 Å². The van der Waals surface area contributed by atoms with Gasteiger partial charge in [0.05, 0.1) is 5.52 Å². The molecule has 0 spiro atoms. The van der Waals surface area contributed by atoms with Crippen molar-refractivity contribution in [2.45, 2.75) is 32.0 Å². The first-order chi connectivity index (χ1) is 18.0. The van der Waals surface area contributed by atoms with Gasteiger partial charge < -0.3 is 25.5 Å². The SMILES string of the molecule is Cc1cnc(Nc2ccc(C(=O)NC3CC3)cc2)nc1Nc1ccc2oc(=O)[nH]c2c1.O=C(O)C(F)(F)F. The molecule has 4 aromatic rings. The topological polar surface area (TPSA) is 162 Å². The van der Waals surface area contributed by atoms with Crippen LogP contribution in [0.5, 0.6) is 0 Å². The van der Waals surface area contributed by atoms with Crippen LogP contribution in [0.1, 0.15) is 28.8 Å². The van der Waals surface area contributed by atoms with E-state index in [0.717, 1.165) is 29.8 Å². The lowest BCUT2D eigenvalue weighted by atomic mass is 10.2. The number of aromatic nitrogens is 3. The number of nitrogens with one attached hydrogen (secondary N) is 4. The summed E-state index contributed by atoms with van der Waals surface area (Å²) >= 11 is 0. The minimum Gasteiger partial charge on any atom is -0.475 e. The molecule has 0 radical (unpaired) electrons. The number of halogens is 3. The number of anilines is 4. The van der Waals surface area contributed by atoms with Crippen LogP contribution in [0, 0.1) is 6.92 Å². The number of fused-ring (bicyclic) bond motifs is 1. The number of carbonyl (C=O) groups excluding carboxylic acids is 1. The molecule has 0 atom stereocenters. The molecular weight excluding hydrogens is 509 g/mol. The van der Waals surface area contributed by atoms with Gasteiger partial charge in [0.1, 0.15) is 5.82 Å². The quantitative estimate of drug-likeness (QED) is 0.246. The number of nitrogens with zero attached hydrogens (tertiary/aromatic N) is 2. The number of aromatic amines is 1. The van der Waals surface area contributed by atoms with Crippen LogP contribution in [-0.2, 0) is 4.79 Å². The maximum atomic E-state index is 12.1. The summed E-state index contributed by atoms with van der Waals surface area (Å²) in [5.74, 6) is -2.26. The van der Waals surface area contributed by atoms with Crippen LogP contribution in [0.25, 0.3) is 11.1 Å². The van der Waals surface area contributed by atoms with E-state index in [0.29, 0.717) is 34.5 Å². The third-order valence-corrected chi connectivity index (χ3v) is 5.21. The Bertz CT molecular complexity index is 1530. The Morgan fingerprint density at radius 1 is 1.08 bits per heavy atom. The molecule has 0 saturated heterocycles. The third-order valence-electron chi connectivity index (χ3n) is 5.21. The number of rotatable bonds is 6. The van der Waals surface area contributed by atoms with Crippen molar-refractivity contribution < 1.29 is 32.3 Å². The molecule has 1 amide bonds. The monoisotopic (exact) mass is 530 g/mol. The van der Waals surface area contributed by atoms with E-state index in [-0.39, 0.29) is 5.91 Å². The summed E-state index contributed by atoms with van der Waals surface area (Å²) in [6, 6.07) is 12.8. The molecule has 1 aliphatic carbocycles. The van der Waals surface area contributed by atoms with Gasteiger partial charge in [-0.3, -0.25) is 9.78 Å². The van der Waals surface area contributed by atoms with Crippen molar-refractivity contribution in [1.82, 2.24) is 20.3 Å². The Hall–Kier alpha value is -4.88. The van der Waals surface area contributed by atoms with Gasteiger partial charge in [0.15, 0.2) is 5.58 Å². The normalized spacial score (nSPS) is 12.8. The summed E-state index contributed by atoms with van der Waals surface area (Å²) in [4.78, 5) is 43.9. The summed E-state index contributed by atoms with van der Waals surface area (Å²) in [5, 5.41) is 16.5. The van der Waals surface area contributed by atoms with Gasteiger partial charge in [-0.25, -0.2) is 14.6 Å². The summed E-state index contributed by atoms with van der Waals surface area (Å²) in [6.45, 7) is 1.90. The van der Waals surface area contributed by atoms with Gasteiger partial charge in [-0.1, -0.05) is 0 Å². The van der Waals surface area contributed by atoms with Crippen LogP contribution in [0.3, 0.4) is 0 Å². The molecule has 14 heteroatoms. The molecule has 2 aromatic heterocycles. The zero-order chi connectivity index (χ0) is 27.4. The third kappa shape index (κ3) is 6.87. The molecule has 2 heterocycles. The molecule has 0 unspecified atom stereocenters.